The Bertz CT molecular complexity index is 772. The van der Waals surface area contributed by atoms with Gasteiger partial charge in [-0.2, -0.15) is 0 Å². The number of nitrogens with zero attached hydrogens (tertiary/aromatic N) is 2. The van der Waals surface area contributed by atoms with Crippen LogP contribution in [0.4, 0.5) is 10.5 Å². The summed E-state index contributed by atoms with van der Waals surface area (Å²) in [6.07, 6.45) is 2.68. The molecule has 3 rings (SSSR count). The van der Waals surface area contributed by atoms with Crippen LogP contribution in [-0.2, 0) is 0 Å². The highest BCUT2D eigenvalue weighted by Gasteiger charge is 2.39. The van der Waals surface area contributed by atoms with E-state index in [9.17, 15) is 9.59 Å². The fourth-order valence-electron chi connectivity index (χ4n) is 2.74. The zero-order valence-corrected chi connectivity index (χ0v) is 13.0. The van der Waals surface area contributed by atoms with Crippen LogP contribution in [0, 0.1) is 6.92 Å². The number of urea groups is 1. The number of H-pyrrole nitrogens is 1. The number of anilines is 1. The van der Waals surface area contributed by atoms with Crippen molar-refractivity contribution in [1.82, 2.24) is 14.5 Å². The van der Waals surface area contributed by atoms with E-state index in [1.165, 1.54) is 0 Å². The van der Waals surface area contributed by atoms with E-state index in [-0.39, 0.29) is 17.3 Å². The molecule has 1 saturated heterocycles. The van der Waals surface area contributed by atoms with Gasteiger partial charge >= 0.3 is 11.7 Å². The predicted molar refractivity (Wildman–Crippen MR) is 85.5 cm³/mol. The number of amides is 2. The van der Waals surface area contributed by atoms with Crippen molar-refractivity contribution in [3.63, 3.8) is 0 Å². The SMILES string of the molecule is Cc1c[nH]c(=O)n1-c1cccc(NC(=O)N2CCC2(C)C)c1. The van der Waals surface area contributed by atoms with Crippen molar-refractivity contribution in [3.05, 3.63) is 46.6 Å². The summed E-state index contributed by atoms with van der Waals surface area (Å²) in [5.74, 6) is 0. The zero-order chi connectivity index (χ0) is 15.9. The molecule has 2 heterocycles. The molecule has 1 aromatic heterocycles. The van der Waals surface area contributed by atoms with E-state index in [1.807, 2.05) is 30.0 Å². The summed E-state index contributed by atoms with van der Waals surface area (Å²) in [5, 5.41) is 2.90. The molecule has 1 fully saturated rings. The average Bonchev–Trinajstić information content (AvgIpc) is 2.77. The lowest BCUT2D eigenvalue weighted by Gasteiger charge is -2.48. The number of benzene rings is 1. The fraction of sp³-hybridized carbons (Fsp3) is 0.375. The van der Waals surface area contributed by atoms with Gasteiger partial charge in [-0.15, -0.1) is 0 Å². The quantitative estimate of drug-likeness (QED) is 0.894. The molecule has 22 heavy (non-hydrogen) atoms. The Kier molecular flexibility index (Phi) is 3.31. The number of aromatic nitrogens is 2. The number of carbonyl (C=O) groups is 1. The van der Waals surface area contributed by atoms with Gasteiger partial charge in [-0.1, -0.05) is 6.07 Å². The topological polar surface area (TPSA) is 70.1 Å². The molecule has 1 aromatic carbocycles. The summed E-state index contributed by atoms with van der Waals surface area (Å²) in [6.45, 7) is 6.73. The number of carbonyl (C=O) groups excluding carboxylic acids is 1. The Hall–Kier alpha value is -2.50. The first-order chi connectivity index (χ1) is 10.4. The Morgan fingerprint density at radius 3 is 2.68 bits per heavy atom. The molecular formula is C16H20N4O2. The smallest absolute Gasteiger partial charge is 0.319 e. The fourth-order valence-corrected chi connectivity index (χ4v) is 2.74. The van der Waals surface area contributed by atoms with Gasteiger partial charge in [0.15, 0.2) is 0 Å². The number of aromatic amines is 1. The number of hydrogen-bond acceptors (Lipinski definition) is 2. The second kappa shape index (κ2) is 5.05. The molecule has 2 aromatic rings. The van der Waals surface area contributed by atoms with Gasteiger partial charge < -0.3 is 15.2 Å². The molecule has 0 spiro atoms. The first kappa shape index (κ1) is 14.4. The van der Waals surface area contributed by atoms with E-state index in [4.69, 9.17) is 0 Å². The Morgan fingerprint density at radius 2 is 2.14 bits per heavy atom. The first-order valence-corrected chi connectivity index (χ1v) is 7.34. The summed E-state index contributed by atoms with van der Waals surface area (Å²) in [5.41, 5.74) is 1.94. The summed E-state index contributed by atoms with van der Waals surface area (Å²) < 4.78 is 1.57. The minimum absolute atomic E-state index is 0.0874. The van der Waals surface area contributed by atoms with Crippen LogP contribution < -0.4 is 11.0 Å². The van der Waals surface area contributed by atoms with Crippen molar-refractivity contribution in [2.75, 3.05) is 11.9 Å². The molecule has 0 atom stereocenters. The molecule has 0 saturated carbocycles. The van der Waals surface area contributed by atoms with Crippen LogP contribution >= 0.6 is 0 Å². The molecule has 0 unspecified atom stereocenters. The van der Waals surface area contributed by atoms with Crippen LogP contribution in [0.2, 0.25) is 0 Å². The van der Waals surface area contributed by atoms with Crippen LogP contribution in [0.5, 0.6) is 0 Å². The Labute approximate surface area is 128 Å². The van der Waals surface area contributed by atoms with E-state index in [0.717, 1.165) is 24.3 Å². The number of likely N-dealkylation sites (tertiary alicyclic amines) is 1. The van der Waals surface area contributed by atoms with Gasteiger partial charge in [-0.25, -0.2) is 9.59 Å². The van der Waals surface area contributed by atoms with Crippen molar-refractivity contribution in [1.29, 1.82) is 0 Å². The third-order valence-corrected chi connectivity index (χ3v) is 4.24. The maximum Gasteiger partial charge on any atom is 0.330 e. The summed E-state index contributed by atoms with van der Waals surface area (Å²) in [6, 6.07) is 7.18. The standard InChI is InChI=1S/C16H20N4O2/c1-11-10-17-14(21)20(11)13-6-4-5-12(9-13)18-15(22)19-8-7-16(19,2)3/h4-6,9-10H,7-8H2,1-3H3,(H,17,21)(H,18,22). The Balaban J connectivity index is 1.83. The van der Waals surface area contributed by atoms with E-state index >= 15 is 0 Å². The normalized spacial score (nSPS) is 16.2. The van der Waals surface area contributed by atoms with Crippen molar-refractivity contribution in [2.45, 2.75) is 32.7 Å². The number of nitrogens with one attached hydrogen (secondary N) is 2. The van der Waals surface area contributed by atoms with E-state index < -0.39 is 0 Å². The lowest BCUT2D eigenvalue weighted by atomic mass is 9.89. The summed E-state index contributed by atoms with van der Waals surface area (Å²) in [7, 11) is 0. The van der Waals surface area contributed by atoms with Gasteiger partial charge in [-0.05, 0) is 45.4 Å². The average molecular weight is 300 g/mol. The maximum absolute atomic E-state index is 12.3. The monoisotopic (exact) mass is 300 g/mol. The lowest BCUT2D eigenvalue weighted by molar-refractivity contribution is 0.0611. The molecule has 1 aliphatic heterocycles. The lowest BCUT2D eigenvalue weighted by Crippen LogP contribution is -2.59. The minimum Gasteiger partial charge on any atom is -0.319 e. The molecule has 0 radical (unpaired) electrons. The summed E-state index contributed by atoms with van der Waals surface area (Å²) >= 11 is 0. The van der Waals surface area contributed by atoms with Gasteiger partial charge in [0, 0.05) is 29.7 Å². The molecule has 0 aliphatic carbocycles. The highest BCUT2D eigenvalue weighted by atomic mass is 16.2. The van der Waals surface area contributed by atoms with E-state index in [0.29, 0.717) is 5.69 Å². The van der Waals surface area contributed by atoms with Crippen molar-refractivity contribution >= 4 is 11.7 Å². The van der Waals surface area contributed by atoms with Gasteiger partial charge in [0.1, 0.15) is 0 Å². The van der Waals surface area contributed by atoms with Crippen molar-refractivity contribution in [3.8, 4) is 5.69 Å². The maximum atomic E-state index is 12.3. The van der Waals surface area contributed by atoms with Gasteiger partial charge in [0.2, 0.25) is 0 Å². The summed E-state index contributed by atoms with van der Waals surface area (Å²) in [4.78, 5) is 28.6. The highest BCUT2D eigenvalue weighted by molar-refractivity contribution is 5.90. The van der Waals surface area contributed by atoms with Crippen LogP contribution in [-0.4, -0.2) is 32.6 Å². The van der Waals surface area contributed by atoms with E-state index in [2.05, 4.69) is 24.1 Å². The van der Waals surface area contributed by atoms with Gasteiger partial charge in [-0.3, -0.25) is 4.57 Å². The molecule has 116 valence electrons. The molecule has 0 bridgehead atoms. The molecule has 2 amide bonds. The van der Waals surface area contributed by atoms with Crippen molar-refractivity contribution in [2.24, 2.45) is 0 Å². The number of rotatable bonds is 2. The molecule has 1 aliphatic rings. The van der Waals surface area contributed by atoms with Gasteiger partial charge in [0.25, 0.3) is 0 Å². The van der Waals surface area contributed by atoms with Crippen molar-refractivity contribution < 1.29 is 4.79 Å². The third kappa shape index (κ3) is 2.41. The zero-order valence-electron chi connectivity index (χ0n) is 13.0. The van der Waals surface area contributed by atoms with Crippen LogP contribution in [0.25, 0.3) is 5.69 Å². The second-order valence-electron chi connectivity index (χ2n) is 6.27. The van der Waals surface area contributed by atoms with Crippen LogP contribution in [0.15, 0.2) is 35.3 Å². The second-order valence-corrected chi connectivity index (χ2v) is 6.27. The molecule has 6 heteroatoms. The minimum atomic E-state index is -0.190. The molecule has 2 N–H and O–H groups in total. The van der Waals surface area contributed by atoms with Crippen LogP contribution in [0.3, 0.4) is 0 Å². The van der Waals surface area contributed by atoms with Gasteiger partial charge in [0.05, 0.1) is 5.69 Å². The largest absolute Gasteiger partial charge is 0.330 e. The molecule has 6 nitrogen and oxygen atoms in total. The van der Waals surface area contributed by atoms with E-state index in [1.54, 1.807) is 16.8 Å². The first-order valence-electron chi connectivity index (χ1n) is 7.34. The van der Waals surface area contributed by atoms with Crippen LogP contribution in [0.1, 0.15) is 26.0 Å². The number of imidazole rings is 1. The molecular weight excluding hydrogens is 280 g/mol. The number of aryl methyl sites for hydroxylation is 1. The highest BCUT2D eigenvalue weighted by Crippen LogP contribution is 2.30. The predicted octanol–water partition coefficient (Wildman–Crippen LogP) is 2.49. The Morgan fingerprint density at radius 1 is 1.36 bits per heavy atom. The third-order valence-electron chi connectivity index (χ3n) is 4.24. The number of hydrogen-bond donors (Lipinski definition) is 2.